The number of imidazole rings is 1. The van der Waals surface area contributed by atoms with Crippen LogP contribution < -0.4 is 0 Å². The first kappa shape index (κ1) is 9.06. The normalized spacial score (nSPS) is 10.7. The summed E-state index contributed by atoms with van der Waals surface area (Å²) in [4.78, 5) is 5.21. The van der Waals surface area contributed by atoms with E-state index in [0.717, 1.165) is 15.0 Å². The molecule has 68 valence electrons. The van der Waals surface area contributed by atoms with Crippen LogP contribution in [0.2, 0.25) is 9.49 Å². The van der Waals surface area contributed by atoms with E-state index >= 15 is 0 Å². The summed E-state index contributed by atoms with van der Waals surface area (Å²) >= 11 is 13.2. The first-order valence-electron chi connectivity index (χ1n) is 3.61. The predicted molar refractivity (Wildman–Crippen MR) is 56.5 cm³/mol. The zero-order chi connectivity index (χ0) is 9.42. The third-order valence-electron chi connectivity index (χ3n) is 1.73. The molecule has 0 aliphatic carbocycles. The average molecular weight is 233 g/mol. The molecule has 0 unspecified atom stereocenters. The molecule has 2 rings (SSSR count). The molecular weight excluding hydrogens is 227 g/mol. The third-order valence-corrected chi connectivity index (χ3v) is 3.30. The summed E-state index contributed by atoms with van der Waals surface area (Å²) in [5.74, 6) is 0.849. The van der Waals surface area contributed by atoms with Gasteiger partial charge in [-0.1, -0.05) is 23.2 Å². The van der Waals surface area contributed by atoms with E-state index < -0.39 is 0 Å². The maximum Gasteiger partial charge on any atom is 0.150 e. The number of halogens is 2. The van der Waals surface area contributed by atoms with Crippen LogP contribution in [0.5, 0.6) is 0 Å². The molecule has 2 heterocycles. The highest BCUT2D eigenvalue weighted by atomic mass is 35.5. The Balaban J connectivity index is 2.52. The SMILES string of the molecule is Cn1c(Cl)cnc1-c1ccc(Cl)s1. The Morgan fingerprint density at radius 2 is 2.15 bits per heavy atom. The van der Waals surface area contributed by atoms with Gasteiger partial charge in [0, 0.05) is 7.05 Å². The number of hydrogen-bond acceptors (Lipinski definition) is 2. The van der Waals surface area contributed by atoms with Crippen LogP contribution in [-0.2, 0) is 7.05 Å². The summed E-state index contributed by atoms with van der Waals surface area (Å²) in [6, 6.07) is 3.79. The second-order valence-electron chi connectivity index (χ2n) is 2.57. The van der Waals surface area contributed by atoms with Gasteiger partial charge < -0.3 is 4.57 Å². The molecule has 0 spiro atoms. The first-order chi connectivity index (χ1) is 6.18. The van der Waals surface area contributed by atoms with Crippen LogP contribution in [0.15, 0.2) is 18.3 Å². The zero-order valence-electron chi connectivity index (χ0n) is 6.79. The summed E-state index contributed by atoms with van der Waals surface area (Å²) in [6.07, 6.45) is 1.63. The van der Waals surface area contributed by atoms with Crippen molar-refractivity contribution in [3.8, 4) is 10.7 Å². The van der Waals surface area contributed by atoms with Crippen molar-refractivity contribution in [2.45, 2.75) is 0 Å². The van der Waals surface area contributed by atoms with Gasteiger partial charge in [-0.3, -0.25) is 0 Å². The average Bonchev–Trinajstić information content (AvgIpc) is 2.62. The molecule has 0 aromatic carbocycles. The lowest BCUT2D eigenvalue weighted by atomic mass is 10.4. The lowest BCUT2D eigenvalue weighted by Crippen LogP contribution is -1.89. The molecule has 0 saturated carbocycles. The molecule has 0 aliphatic heterocycles. The number of nitrogens with zero attached hydrogens (tertiary/aromatic N) is 2. The van der Waals surface area contributed by atoms with Crippen molar-refractivity contribution in [2.24, 2.45) is 7.05 Å². The van der Waals surface area contributed by atoms with Crippen molar-refractivity contribution >= 4 is 34.5 Å². The van der Waals surface area contributed by atoms with Crippen LogP contribution in [0.3, 0.4) is 0 Å². The van der Waals surface area contributed by atoms with E-state index in [2.05, 4.69) is 4.98 Å². The minimum atomic E-state index is 0.625. The highest BCUT2D eigenvalue weighted by Gasteiger charge is 2.08. The van der Waals surface area contributed by atoms with E-state index in [1.165, 1.54) is 11.3 Å². The molecule has 0 bridgehead atoms. The highest BCUT2D eigenvalue weighted by Crippen LogP contribution is 2.30. The maximum atomic E-state index is 5.86. The molecule has 0 N–H and O–H groups in total. The van der Waals surface area contributed by atoms with Gasteiger partial charge in [-0.05, 0) is 12.1 Å². The minimum absolute atomic E-state index is 0.625. The molecule has 2 nitrogen and oxygen atoms in total. The van der Waals surface area contributed by atoms with Gasteiger partial charge in [-0.2, -0.15) is 0 Å². The lowest BCUT2D eigenvalue weighted by Gasteiger charge is -1.97. The Hall–Kier alpha value is -0.510. The van der Waals surface area contributed by atoms with Gasteiger partial charge in [0.1, 0.15) is 5.15 Å². The Morgan fingerprint density at radius 1 is 1.38 bits per heavy atom. The molecule has 0 aliphatic rings. The zero-order valence-corrected chi connectivity index (χ0v) is 9.12. The fourth-order valence-corrected chi connectivity index (χ4v) is 2.26. The molecule has 5 heteroatoms. The van der Waals surface area contributed by atoms with Crippen molar-refractivity contribution in [2.75, 3.05) is 0 Å². The molecule has 2 aromatic rings. The Kier molecular flexibility index (Phi) is 2.32. The van der Waals surface area contributed by atoms with Gasteiger partial charge in [-0.25, -0.2) is 4.98 Å². The van der Waals surface area contributed by atoms with Crippen LogP contribution in [0.4, 0.5) is 0 Å². The van der Waals surface area contributed by atoms with Crippen LogP contribution in [0.1, 0.15) is 0 Å². The summed E-state index contributed by atoms with van der Waals surface area (Å²) in [5.41, 5.74) is 0. The fourth-order valence-electron chi connectivity index (χ4n) is 1.05. The van der Waals surface area contributed by atoms with E-state index in [9.17, 15) is 0 Å². The quantitative estimate of drug-likeness (QED) is 0.737. The van der Waals surface area contributed by atoms with Gasteiger partial charge in [0.15, 0.2) is 5.82 Å². The molecule has 0 saturated heterocycles. The van der Waals surface area contributed by atoms with E-state index in [1.807, 2.05) is 23.7 Å². The fraction of sp³-hybridized carbons (Fsp3) is 0.125. The van der Waals surface area contributed by atoms with Crippen molar-refractivity contribution in [3.05, 3.63) is 27.8 Å². The van der Waals surface area contributed by atoms with Crippen LogP contribution in [0.25, 0.3) is 10.7 Å². The van der Waals surface area contributed by atoms with E-state index in [-0.39, 0.29) is 0 Å². The van der Waals surface area contributed by atoms with Gasteiger partial charge in [0.25, 0.3) is 0 Å². The van der Waals surface area contributed by atoms with Gasteiger partial charge in [-0.15, -0.1) is 11.3 Å². The molecule has 0 atom stereocenters. The predicted octanol–water partition coefficient (Wildman–Crippen LogP) is 3.46. The second kappa shape index (κ2) is 3.33. The number of rotatable bonds is 1. The smallest absolute Gasteiger partial charge is 0.150 e. The minimum Gasteiger partial charge on any atom is -0.318 e. The second-order valence-corrected chi connectivity index (χ2v) is 4.67. The number of thiophene rings is 1. The third kappa shape index (κ3) is 1.59. The van der Waals surface area contributed by atoms with E-state index in [1.54, 1.807) is 6.20 Å². The van der Waals surface area contributed by atoms with Crippen LogP contribution >= 0.6 is 34.5 Å². The van der Waals surface area contributed by atoms with Crippen molar-refractivity contribution in [1.29, 1.82) is 0 Å². The van der Waals surface area contributed by atoms with Gasteiger partial charge in [0.2, 0.25) is 0 Å². The molecule has 2 aromatic heterocycles. The van der Waals surface area contributed by atoms with Gasteiger partial charge in [0.05, 0.1) is 15.4 Å². The first-order valence-corrected chi connectivity index (χ1v) is 5.18. The molecule has 0 amide bonds. The largest absolute Gasteiger partial charge is 0.318 e. The molecular formula is C8H6Cl2N2S. The van der Waals surface area contributed by atoms with Crippen molar-refractivity contribution in [3.63, 3.8) is 0 Å². The summed E-state index contributed by atoms with van der Waals surface area (Å²) in [7, 11) is 1.87. The Labute approximate surface area is 89.7 Å². The van der Waals surface area contributed by atoms with E-state index in [0.29, 0.717) is 5.15 Å². The Bertz CT molecular complexity index is 433. The number of hydrogen-bond donors (Lipinski definition) is 0. The molecule has 0 radical (unpaired) electrons. The van der Waals surface area contributed by atoms with Crippen molar-refractivity contribution in [1.82, 2.24) is 9.55 Å². The number of aromatic nitrogens is 2. The van der Waals surface area contributed by atoms with Crippen molar-refractivity contribution < 1.29 is 0 Å². The Morgan fingerprint density at radius 3 is 2.62 bits per heavy atom. The standard InChI is InChI=1S/C8H6Cl2N2S/c1-12-6(9)4-11-8(12)5-2-3-7(10)13-5/h2-4H,1H3. The topological polar surface area (TPSA) is 17.8 Å². The monoisotopic (exact) mass is 232 g/mol. The molecule has 13 heavy (non-hydrogen) atoms. The van der Waals surface area contributed by atoms with E-state index in [4.69, 9.17) is 23.2 Å². The van der Waals surface area contributed by atoms with Crippen LogP contribution in [0, 0.1) is 0 Å². The summed E-state index contributed by atoms with van der Waals surface area (Å²) in [6.45, 7) is 0. The highest BCUT2D eigenvalue weighted by molar-refractivity contribution is 7.19. The summed E-state index contributed by atoms with van der Waals surface area (Å²) in [5, 5.41) is 0.625. The summed E-state index contributed by atoms with van der Waals surface area (Å²) < 4.78 is 2.58. The van der Waals surface area contributed by atoms with Gasteiger partial charge >= 0.3 is 0 Å². The van der Waals surface area contributed by atoms with Crippen LogP contribution in [-0.4, -0.2) is 9.55 Å². The molecule has 0 fully saturated rings. The lowest BCUT2D eigenvalue weighted by molar-refractivity contribution is 0.929. The maximum absolute atomic E-state index is 5.86.